The Morgan fingerprint density at radius 1 is 1.24 bits per heavy atom. The topological polar surface area (TPSA) is 176 Å². The molecule has 0 aliphatic heterocycles. The van der Waals surface area contributed by atoms with Gasteiger partial charge in [-0.25, -0.2) is 13.6 Å². The van der Waals surface area contributed by atoms with Crippen LogP contribution in [0, 0.1) is 11.8 Å². The van der Waals surface area contributed by atoms with E-state index in [0.717, 1.165) is 19.3 Å². The van der Waals surface area contributed by atoms with Crippen molar-refractivity contribution in [2.24, 2.45) is 17.0 Å². The third-order valence-corrected chi connectivity index (χ3v) is 7.97. The van der Waals surface area contributed by atoms with Crippen molar-refractivity contribution in [2.45, 2.75) is 87.4 Å². The number of aromatic nitrogens is 2. The molecule has 0 radical (unpaired) electrons. The van der Waals surface area contributed by atoms with E-state index in [1.54, 1.807) is 6.08 Å². The number of anilines is 1. The van der Waals surface area contributed by atoms with Crippen LogP contribution in [0.3, 0.4) is 0 Å². The zero-order chi connectivity index (χ0) is 25.1. The van der Waals surface area contributed by atoms with Crippen LogP contribution < -0.4 is 10.5 Å². The number of amides is 1. The van der Waals surface area contributed by atoms with Crippen LogP contribution in [-0.2, 0) is 14.8 Å². The maximum absolute atomic E-state index is 12.0. The summed E-state index contributed by atoms with van der Waals surface area (Å²) in [6.07, 6.45) is 11.9. The number of allylic oxidation sites excluding steroid dienone is 2. The van der Waals surface area contributed by atoms with Crippen molar-refractivity contribution < 1.29 is 28.5 Å². The second-order valence-corrected chi connectivity index (χ2v) is 11.3. The van der Waals surface area contributed by atoms with Gasteiger partial charge in [0.1, 0.15) is 0 Å². The van der Waals surface area contributed by atoms with E-state index in [1.165, 1.54) is 0 Å². The van der Waals surface area contributed by atoms with Gasteiger partial charge >= 0.3 is 0 Å². The van der Waals surface area contributed by atoms with Crippen LogP contribution in [0.15, 0.2) is 28.6 Å². The second-order valence-electron chi connectivity index (χ2n) is 8.63. The molecular formula is C22H36N4O6S2. The summed E-state index contributed by atoms with van der Waals surface area (Å²) in [5.41, 5.74) is 0. The third-order valence-electron chi connectivity index (χ3n) is 5.82. The fourth-order valence-corrected chi connectivity index (χ4v) is 5.32. The standard InChI is InChI=1S/C22H36N4O6S2/c1-2-3-6-9-15(27)12-13-17-16(18(28)14-19(17)29)10-7-4-5-8-11-20(30)24-21-25-26-22(33-21)34(23,31)32/h4,7,12-13,15-19,27-29H,2-3,5-6,8-11,14H2,1H3,(H2,23,31,32)(H,24,25,30)/b7-4-,13-12+/t15-,16+,17+,18-,19+/m0/s1. The number of primary sulfonamides is 1. The summed E-state index contributed by atoms with van der Waals surface area (Å²) in [5.74, 6) is -0.637. The number of carbonyl (C=O) groups is 1. The molecule has 5 atom stereocenters. The van der Waals surface area contributed by atoms with Gasteiger partial charge in [-0.2, -0.15) is 0 Å². The summed E-state index contributed by atoms with van der Waals surface area (Å²) in [6, 6.07) is 0. The van der Waals surface area contributed by atoms with E-state index in [0.29, 0.717) is 43.4 Å². The van der Waals surface area contributed by atoms with Crippen LogP contribution in [0.25, 0.3) is 0 Å². The van der Waals surface area contributed by atoms with Crippen LogP contribution in [0.2, 0.25) is 0 Å². The van der Waals surface area contributed by atoms with Gasteiger partial charge in [0.05, 0.1) is 18.3 Å². The summed E-state index contributed by atoms with van der Waals surface area (Å²) in [5, 5.41) is 45.3. The fraction of sp³-hybridized carbons (Fsp3) is 0.682. The average Bonchev–Trinajstić information content (AvgIpc) is 3.33. The number of carbonyl (C=O) groups excluding carboxylic acids is 1. The Balaban J connectivity index is 1.73. The van der Waals surface area contributed by atoms with Gasteiger partial charge in [-0.05, 0) is 31.6 Å². The van der Waals surface area contributed by atoms with Crippen molar-refractivity contribution in [2.75, 3.05) is 5.32 Å². The maximum atomic E-state index is 12.0. The van der Waals surface area contributed by atoms with Gasteiger partial charge in [-0.1, -0.05) is 61.8 Å². The predicted octanol–water partition coefficient (Wildman–Crippen LogP) is 2.10. The Kier molecular flexibility index (Phi) is 11.8. The molecule has 0 saturated heterocycles. The van der Waals surface area contributed by atoms with Crippen molar-refractivity contribution in [3.05, 3.63) is 24.3 Å². The van der Waals surface area contributed by atoms with Gasteiger partial charge in [0.25, 0.3) is 10.0 Å². The Hall–Kier alpha value is -1.70. The van der Waals surface area contributed by atoms with Crippen LogP contribution >= 0.6 is 11.3 Å². The van der Waals surface area contributed by atoms with E-state index in [-0.39, 0.29) is 33.6 Å². The minimum absolute atomic E-state index is 0.0768. The number of nitrogens with zero attached hydrogens (tertiary/aromatic N) is 2. The number of rotatable bonds is 14. The lowest BCUT2D eigenvalue weighted by Crippen LogP contribution is -2.20. The molecule has 6 N–H and O–H groups in total. The van der Waals surface area contributed by atoms with E-state index in [1.807, 2.05) is 18.2 Å². The smallest absolute Gasteiger partial charge is 0.267 e. The highest BCUT2D eigenvalue weighted by Crippen LogP contribution is 2.36. The molecule has 0 aromatic carbocycles. The predicted molar refractivity (Wildman–Crippen MR) is 130 cm³/mol. The average molecular weight is 517 g/mol. The molecule has 1 heterocycles. The Morgan fingerprint density at radius 3 is 2.68 bits per heavy atom. The summed E-state index contributed by atoms with van der Waals surface area (Å²) in [4.78, 5) is 12.0. The monoisotopic (exact) mass is 516 g/mol. The van der Waals surface area contributed by atoms with Gasteiger partial charge < -0.3 is 20.6 Å². The number of hydrogen-bond donors (Lipinski definition) is 5. The van der Waals surface area contributed by atoms with Gasteiger partial charge in [0.2, 0.25) is 15.4 Å². The molecular weight excluding hydrogens is 480 g/mol. The highest BCUT2D eigenvalue weighted by Gasteiger charge is 2.39. The number of nitrogens with one attached hydrogen (secondary N) is 1. The second kappa shape index (κ2) is 14.0. The number of nitrogens with two attached hydrogens (primary N) is 1. The molecule has 1 aliphatic rings. The molecule has 1 aromatic heterocycles. The zero-order valence-electron chi connectivity index (χ0n) is 19.4. The van der Waals surface area contributed by atoms with Crippen LogP contribution in [0.5, 0.6) is 0 Å². The first-order valence-corrected chi connectivity index (χ1v) is 14.0. The lowest BCUT2D eigenvalue weighted by Gasteiger charge is -2.19. The largest absolute Gasteiger partial charge is 0.393 e. The first-order valence-electron chi connectivity index (χ1n) is 11.7. The molecule has 10 nitrogen and oxygen atoms in total. The Morgan fingerprint density at radius 2 is 2.00 bits per heavy atom. The van der Waals surface area contributed by atoms with Crippen molar-refractivity contribution in [3.8, 4) is 0 Å². The quantitative estimate of drug-likeness (QED) is 0.142. The summed E-state index contributed by atoms with van der Waals surface area (Å²) >= 11 is 0.694. The third kappa shape index (κ3) is 9.51. The molecule has 1 saturated carbocycles. The lowest BCUT2D eigenvalue weighted by molar-refractivity contribution is -0.116. The van der Waals surface area contributed by atoms with Crippen LogP contribution in [-0.4, -0.2) is 58.2 Å². The molecule has 192 valence electrons. The van der Waals surface area contributed by atoms with Crippen molar-refractivity contribution in [1.29, 1.82) is 0 Å². The molecule has 1 aromatic rings. The highest BCUT2D eigenvalue weighted by molar-refractivity contribution is 7.91. The fourth-order valence-electron chi connectivity index (χ4n) is 3.97. The molecule has 0 spiro atoms. The van der Waals surface area contributed by atoms with E-state index >= 15 is 0 Å². The molecule has 0 unspecified atom stereocenters. The minimum atomic E-state index is -3.94. The van der Waals surface area contributed by atoms with Gasteiger partial charge in [-0.3, -0.25) is 4.79 Å². The van der Waals surface area contributed by atoms with E-state index < -0.39 is 28.3 Å². The molecule has 12 heteroatoms. The van der Waals surface area contributed by atoms with Gasteiger partial charge in [0, 0.05) is 18.8 Å². The van der Waals surface area contributed by atoms with E-state index in [2.05, 4.69) is 22.4 Å². The molecule has 34 heavy (non-hydrogen) atoms. The first-order chi connectivity index (χ1) is 16.1. The first kappa shape index (κ1) is 28.5. The zero-order valence-corrected chi connectivity index (χ0v) is 21.0. The maximum Gasteiger partial charge on any atom is 0.267 e. The van der Waals surface area contributed by atoms with Crippen molar-refractivity contribution in [3.63, 3.8) is 0 Å². The number of aliphatic hydroxyl groups is 3. The summed E-state index contributed by atoms with van der Waals surface area (Å²) < 4.78 is 22.0. The van der Waals surface area contributed by atoms with Crippen LogP contribution in [0.1, 0.15) is 64.7 Å². The normalized spacial score (nSPS) is 24.3. The van der Waals surface area contributed by atoms with E-state index in [4.69, 9.17) is 5.14 Å². The van der Waals surface area contributed by atoms with Gasteiger partial charge in [0.15, 0.2) is 0 Å². The molecule has 0 bridgehead atoms. The van der Waals surface area contributed by atoms with Crippen molar-refractivity contribution in [1.82, 2.24) is 10.2 Å². The van der Waals surface area contributed by atoms with E-state index in [9.17, 15) is 28.5 Å². The minimum Gasteiger partial charge on any atom is -0.393 e. The molecule has 1 aliphatic carbocycles. The number of aliphatic hydroxyl groups excluding tert-OH is 3. The lowest BCUT2D eigenvalue weighted by atomic mass is 9.89. The Labute approximate surface area is 205 Å². The van der Waals surface area contributed by atoms with Crippen molar-refractivity contribution >= 4 is 32.4 Å². The van der Waals surface area contributed by atoms with Crippen LogP contribution in [0.4, 0.5) is 5.13 Å². The molecule has 2 rings (SSSR count). The highest BCUT2D eigenvalue weighted by atomic mass is 32.2. The van der Waals surface area contributed by atoms with Gasteiger partial charge in [-0.15, -0.1) is 10.2 Å². The number of hydrogen-bond acceptors (Lipinski definition) is 9. The Bertz CT molecular complexity index is 934. The summed E-state index contributed by atoms with van der Waals surface area (Å²) in [6.45, 7) is 2.11. The molecule has 1 fully saturated rings. The number of unbranched alkanes of at least 4 members (excludes halogenated alkanes) is 3. The SMILES string of the molecule is CCCCC[C@H](O)/C=C/[C@@H]1[C@@H](C/C=C\CCCC(=O)Nc2nnc(S(N)(=O)=O)s2)[C@@H](O)C[C@H]1O. The summed E-state index contributed by atoms with van der Waals surface area (Å²) in [7, 11) is -3.94. The number of sulfonamides is 1. The molecule has 1 amide bonds.